The van der Waals surface area contributed by atoms with Crippen molar-refractivity contribution in [2.75, 3.05) is 7.11 Å². The van der Waals surface area contributed by atoms with Crippen molar-refractivity contribution in [1.82, 2.24) is 19.7 Å². The standard InChI is InChI=1S/C12H15ClN4O/c1-3-6-17-10(4-5-14-17)12-15-9(8-18-2)7-11(13)16-12/h4-5,7H,3,6,8H2,1-2H3. The normalized spacial score (nSPS) is 10.8. The molecular weight excluding hydrogens is 252 g/mol. The Bertz CT molecular complexity index is 527. The summed E-state index contributed by atoms with van der Waals surface area (Å²) in [5.74, 6) is 0.584. The van der Waals surface area contributed by atoms with Crippen LogP contribution in [0.2, 0.25) is 5.15 Å². The minimum absolute atomic E-state index is 0.413. The van der Waals surface area contributed by atoms with Gasteiger partial charge in [-0.2, -0.15) is 5.10 Å². The molecule has 2 aromatic rings. The van der Waals surface area contributed by atoms with Gasteiger partial charge in [0.15, 0.2) is 5.82 Å². The topological polar surface area (TPSA) is 52.8 Å². The fourth-order valence-corrected chi connectivity index (χ4v) is 1.92. The summed E-state index contributed by atoms with van der Waals surface area (Å²) in [7, 11) is 1.62. The lowest BCUT2D eigenvalue weighted by Crippen LogP contribution is -2.05. The molecule has 0 saturated heterocycles. The first kappa shape index (κ1) is 13.0. The second kappa shape index (κ2) is 5.93. The third-order valence-corrected chi connectivity index (χ3v) is 2.61. The van der Waals surface area contributed by atoms with Crippen LogP contribution >= 0.6 is 11.6 Å². The van der Waals surface area contributed by atoms with Crippen LogP contribution < -0.4 is 0 Å². The molecule has 6 heteroatoms. The van der Waals surface area contributed by atoms with E-state index in [0.717, 1.165) is 24.4 Å². The van der Waals surface area contributed by atoms with Crippen LogP contribution in [0.15, 0.2) is 18.3 Å². The number of methoxy groups -OCH3 is 1. The van der Waals surface area contributed by atoms with Crippen molar-refractivity contribution in [2.24, 2.45) is 0 Å². The van der Waals surface area contributed by atoms with Crippen LogP contribution in [0.3, 0.4) is 0 Å². The summed E-state index contributed by atoms with van der Waals surface area (Å²) in [6.07, 6.45) is 2.74. The van der Waals surface area contributed by atoms with Gasteiger partial charge in [-0.3, -0.25) is 4.68 Å². The summed E-state index contributed by atoms with van der Waals surface area (Å²) in [5, 5.41) is 4.66. The van der Waals surface area contributed by atoms with Crippen molar-refractivity contribution in [2.45, 2.75) is 26.5 Å². The monoisotopic (exact) mass is 266 g/mol. The van der Waals surface area contributed by atoms with Crippen LogP contribution in [0.1, 0.15) is 19.0 Å². The third-order valence-electron chi connectivity index (χ3n) is 2.42. The Morgan fingerprint density at radius 3 is 2.94 bits per heavy atom. The second-order valence-corrected chi connectivity index (χ2v) is 4.27. The Morgan fingerprint density at radius 2 is 2.22 bits per heavy atom. The lowest BCUT2D eigenvalue weighted by atomic mass is 10.3. The van der Waals surface area contributed by atoms with Crippen LogP contribution in [-0.4, -0.2) is 26.9 Å². The molecule has 0 fully saturated rings. The zero-order valence-corrected chi connectivity index (χ0v) is 11.2. The van der Waals surface area contributed by atoms with Crippen molar-refractivity contribution >= 4 is 11.6 Å². The largest absolute Gasteiger partial charge is 0.378 e. The van der Waals surface area contributed by atoms with Gasteiger partial charge in [0.1, 0.15) is 10.8 Å². The minimum atomic E-state index is 0.413. The molecule has 0 spiro atoms. The summed E-state index contributed by atoms with van der Waals surface area (Å²) in [6, 6.07) is 3.59. The summed E-state index contributed by atoms with van der Waals surface area (Å²) in [5.41, 5.74) is 1.63. The number of ether oxygens (including phenoxy) is 1. The molecule has 2 rings (SSSR count). The number of aryl methyl sites for hydroxylation is 1. The van der Waals surface area contributed by atoms with E-state index in [0.29, 0.717) is 17.6 Å². The molecule has 5 nitrogen and oxygen atoms in total. The average Bonchev–Trinajstić information content (AvgIpc) is 2.77. The highest BCUT2D eigenvalue weighted by atomic mass is 35.5. The number of hydrogen-bond acceptors (Lipinski definition) is 4. The molecule has 0 unspecified atom stereocenters. The molecule has 0 radical (unpaired) electrons. The molecular formula is C12H15ClN4O. The third kappa shape index (κ3) is 2.86. The smallest absolute Gasteiger partial charge is 0.179 e. The molecule has 2 aromatic heterocycles. The van der Waals surface area contributed by atoms with Gasteiger partial charge in [0.05, 0.1) is 12.3 Å². The first-order valence-corrected chi connectivity index (χ1v) is 6.17. The van der Waals surface area contributed by atoms with Crippen molar-refractivity contribution in [1.29, 1.82) is 0 Å². The number of halogens is 1. The maximum atomic E-state index is 6.00. The van der Waals surface area contributed by atoms with E-state index in [1.165, 1.54) is 0 Å². The van der Waals surface area contributed by atoms with E-state index in [2.05, 4.69) is 22.0 Å². The molecule has 0 bridgehead atoms. The fraction of sp³-hybridized carbons (Fsp3) is 0.417. The molecule has 0 aromatic carbocycles. The molecule has 0 N–H and O–H groups in total. The quantitative estimate of drug-likeness (QED) is 0.781. The molecule has 0 saturated carbocycles. The van der Waals surface area contributed by atoms with Crippen molar-refractivity contribution in [3.8, 4) is 11.5 Å². The second-order valence-electron chi connectivity index (χ2n) is 3.88. The van der Waals surface area contributed by atoms with Gasteiger partial charge in [-0.25, -0.2) is 9.97 Å². The van der Waals surface area contributed by atoms with Crippen LogP contribution in [0, 0.1) is 0 Å². The number of aromatic nitrogens is 4. The highest BCUT2D eigenvalue weighted by Crippen LogP contribution is 2.18. The lowest BCUT2D eigenvalue weighted by Gasteiger charge is -2.07. The Morgan fingerprint density at radius 1 is 1.39 bits per heavy atom. The van der Waals surface area contributed by atoms with Crippen LogP contribution in [0.4, 0.5) is 0 Å². The van der Waals surface area contributed by atoms with Crippen LogP contribution in [-0.2, 0) is 17.9 Å². The predicted molar refractivity (Wildman–Crippen MR) is 69.3 cm³/mol. The highest BCUT2D eigenvalue weighted by Gasteiger charge is 2.10. The summed E-state index contributed by atoms with van der Waals surface area (Å²) >= 11 is 6.00. The van der Waals surface area contributed by atoms with Crippen LogP contribution in [0.25, 0.3) is 11.5 Å². The summed E-state index contributed by atoms with van der Waals surface area (Å²) in [6.45, 7) is 3.34. The van der Waals surface area contributed by atoms with E-state index in [1.807, 2.05) is 10.7 Å². The van der Waals surface area contributed by atoms with Gasteiger partial charge in [-0.05, 0) is 18.6 Å². The summed E-state index contributed by atoms with van der Waals surface area (Å²) in [4.78, 5) is 8.67. The molecule has 0 aliphatic heterocycles. The molecule has 18 heavy (non-hydrogen) atoms. The molecule has 0 aliphatic carbocycles. The number of nitrogens with zero attached hydrogens (tertiary/aromatic N) is 4. The van der Waals surface area contributed by atoms with Gasteiger partial charge in [0.25, 0.3) is 0 Å². The zero-order valence-electron chi connectivity index (χ0n) is 10.4. The minimum Gasteiger partial charge on any atom is -0.378 e. The van der Waals surface area contributed by atoms with E-state index in [4.69, 9.17) is 16.3 Å². The highest BCUT2D eigenvalue weighted by molar-refractivity contribution is 6.29. The average molecular weight is 267 g/mol. The molecule has 0 atom stereocenters. The molecule has 0 amide bonds. The van der Waals surface area contributed by atoms with E-state index in [-0.39, 0.29) is 0 Å². The Labute approximate surface area is 111 Å². The first-order valence-electron chi connectivity index (χ1n) is 5.79. The van der Waals surface area contributed by atoms with Crippen molar-refractivity contribution in [3.63, 3.8) is 0 Å². The number of rotatable bonds is 5. The SMILES string of the molecule is CCCn1nccc1-c1nc(Cl)cc(COC)n1. The van der Waals surface area contributed by atoms with E-state index in [9.17, 15) is 0 Å². The lowest BCUT2D eigenvalue weighted by molar-refractivity contribution is 0.181. The van der Waals surface area contributed by atoms with Gasteiger partial charge in [-0.15, -0.1) is 0 Å². The van der Waals surface area contributed by atoms with Crippen LogP contribution in [0.5, 0.6) is 0 Å². The Hall–Kier alpha value is -1.46. The van der Waals surface area contributed by atoms with E-state index < -0.39 is 0 Å². The summed E-state index contributed by atoms with van der Waals surface area (Å²) < 4.78 is 6.94. The number of hydrogen-bond donors (Lipinski definition) is 0. The zero-order chi connectivity index (χ0) is 13.0. The predicted octanol–water partition coefficient (Wildman–Crippen LogP) is 2.55. The van der Waals surface area contributed by atoms with E-state index in [1.54, 1.807) is 19.4 Å². The van der Waals surface area contributed by atoms with Gasteiger partial charge >= 0.3 is 0 Å². The fourth-order valence-electron chi connectivity index (χ4n) is 1.71. The van der Waals surface area contributed by atoms with Gasteiger partial charge < -0.3 is 4.74 Å². The van der Waals surface area contributed by atoms with Gasteiger partial charge in [0, 0.05) is 19.9 Å². The maximum Gasteiger partial charge on any atom is 0.179 e. The Kier molecular flexibility index (Phi) is 4.28. The van der Waals surface area contributed by atoms with Crippen molar-refractivity contribution < 1.29 is 4.74 Å². The van der Waals surface area contributed by atoms with Gasteiger partial charge in [0.2, 0.25) is 0 Å². The van der Waals surface area contributed by atoms with Crippen molar-refractivity contribution in [3.05, 3.63) is 29.2 Å². The molecule has 0 aliphatic rings. The first-order chi connectivity index (χ1) is 8.74. The molecule has 96 valence electrons. The Balaban J connectivity index is 2.39. The van der Waals surface area contributed by atoms with Gasteiger partial charge in [-0.1, -0.05) is 18.5 Å². The van der Waals surface area contributed by atoms with E-state index >= 15 is 0 Å². The molecule has 2 heterocycles. The maximum absolute atomic E-state index is 6.00.